The third-order valence-electron chi connectivity index (χ3n) is 2.37. The first kappa shape index (κ1) is 9.80. The zero-order chi connectivity index (χ0) is 10.1. The number of methoxy groups -OCH3 is 1. The van der Waals surface area contributed by atoms with E-state index in [0.717, 1.165) is 28.0 Å². The predicted molar refractivity (Wildman–Crippen MR) is 57.7 cm³/mol. The number of fused-ring (bicyclic) bond motifs is 1. The van der Waals surface area contributed by atoms with Crippen LogP contribution in [0.2, 0.25) is 0 Å². The molecule has 0 unspecified atom stereocenters. The Bertz CT molecular complexity index is 354. The number of hydrogen-bond acceptors (Lipinski definition) is 3. The van der Waals surface area contributed by atoms with Gasteiger partial charge < -0.3 is 15.2 Å². The molecule has 1 atom stereocenters. The van der Waals surface area contributed by atoms with Crippen LogP contribution in [0, 0.1) is 0 Å². The molecule has 2 rings (SSSR count). The molecule has 0 fully saturated rings. The number of rotatable bonds is 1. The van der Waals surface area contributed by atoms with Crippen LogP contribution >= 0.6 is 15.9 Å². The van der Waals surface area contributed by atoms with Gasteiger partial charge in [0.1, 0.15) is 0 Å². The van der Waals surface area contributed by atoms with Gasteiger partial charge in [-0.15, -0.1) is 0 Å². The van der Waals surface area contributed by atoms with Gasteiger partial charge in [0.05, 0.1) is 18.2 Å². The van der Waals surface area contributed by atoms with Gasteiger partial charge >= 0.3 is 0 Å². The molecule has 3 nitrogen and oxygen atoms in total. The Morgan fingerprint density at radius 1 is 1.57 bits per heavy atom. The number of halogens is 1. The van der Waals surface area contributed by atoms with Crippen LogP contribution in [-0.2, 0) is 0 Å². The minimum absolute atomic E-state index is 0.0562. The Morgan fingerprint density at radius 2 is 2.36 bits per heavy atom. The minimum Gasteiger partial charge on any atom is -0.492 e. The van der Waals surface area contributed by atoms with Crippen molar-refractivity contribution in [1.29, 1.82) is 0 Å². The van der Waals surface area contributed by atoms with Gasteiger partial charge in [0.2, 0.25) is 0 Å². The molecule has 0 aliphatic carbocycles. The van der Waals surface area contributed by atoms with Crippen molar-refractivity contribution in [2.24, 2.45) is 5.73 Å². The van der Waals surface area contributed by atoms with E-state index in [9.17, 15) is 0 Å². The molecule has 0 saturated carbocycles. The first-order valence-corrected chi connectivity index (χ1v) is 5.28. The zero-order valence-corrected chi connectivity index (χ0v) is 9.50. The maximum Gasteiger partial charge on any atom is 0.175 e. The molecule has 0 radical (unpaired) electrons. The van der Waals surface area contributed by atoms with E-state index in [-0.39, 0.29) is 6.04 Å². The summed E-state index contributed by atoms with van der Waals surface area (Å²) < 4.78 is 11.7. The van der Waals surface area contributed by atoms with Crippen molar-refractivity contribution in [1.82, 2.24) is 0 Å². The SMILES string of the molecule is COc1c(Br)ccc2c1OCC[C@@H]2N. The number of ether oxygens (including phenoxy) is 2. The Balaban J connectivity index is 2.55. The summed E-state index contributed by atoms with van der Waals surface area (Å²) in [6.07, 6.45) is 0.859. The lowest BCUT2D eigenvalue weighted by atomic mass is 10.0. The summed E-state index contributed by atoms with van der Waals surface area (Å²) in [5.74, 6) is 1.51. The van der Waals surface area contributed by atoms with Crippen molar-refractivity contribution in [2.75, 3.05) is 13.7 Å². The van der Waals surface area contributed by atoms with Gasteiger partial charge in [-0.05, 0) is 22.0 Å². The molecule has 1 heterocycles. The summed E-state index contributed by atoms with van der Waals surface area (Å²) in [6, 6.07) is 3.97. The van der Waals surface area contributed by atoms with Gasteiger partial charge in [-0.1, -0.05) is 6.07 Å². The topological polar surface area (TPSA) is 44.5 Å². The van der Waals surface area contributed by atoms with Gasteiger partial charge in [-0.3, -0.25) is 0 Å². The van der Waals surface area contributed by atoms with Crippen molar-refractivity contribution in [3.8, 4) is 11.5 Å². The van der Waals surface area contributed by atoms with Crippen molar-refractivity contribution < 1.29 is 9.47 Å². The number of hydrogen-bond donors (Lipinski definition) is 1. The van der Waals surface area contributed by atoms with Crippen LogP contribution in [-0.4, -0.2) is 13.7 Å². The Kier molecular flexibility index (Phi) is 2.65. The highest BCUT2D eigenvalue weighted by Crippen LogP contribution is 2.42. The largest absolute Gasteiger partial charge is 0.492 e. The lowest BCUT2D eigenvalue weighted by Gasteiger charge is -2.24. The van der Waals surface area contributed by atoms with E-state index in [0.29, 0.717) is 6.61 Å². The highest BCUT2D eigenvalue weighted by atomic mass is 79.9. The van der Waals surface area contributed by atoms with Crippen molar-refractivity contribution >= 4 is 15.9 Å². The van der Waals surface area contributed by atoms with Crippen molar-refractivity contribution in [2.45, 2.75) is 12.5 Å². The molecule has 0 aromatic heterocycles. The highest BCUT2D eigenvalue weighted by molar-refractivity contribution is 9.10. The molecule has 0 bridgehead atoms. The fourth-order valence-corrected chi connectivity index (χ4v) is 2.10. The maximum atomic E-state index is 5.97. The second kappa shape index (κ2) is 3.79. The maximum absolute atomic E-state index is 5.97. The van der Waals surface area contributed by atoms with E-state index >= 15 is 0 Å². The van der Waals surface area contributed by atoms with Crippen molar-refractivity contribution in [3.63, 3.8) is 0 Å². The van der Waals surface area contributed by atoms with Crippen LogP contribution in [0.25, 0.3) is 0 Å². The lowest BCUT2D eigenvalue weighted by Crippen LogP contribution is -2.20. The first-order valence-electron chi connectivity index (χ1n) is 4.49. The molecular formula is C10H12BrNO2. The summed E-state index contributed by atoms with van der Waals surface area (Å²) in [4.78, 5) is 0. The summed E-state index contributed by atoms with van der Waals surface area (Å²) in [5.41, 5.74) is 6.99. The van der Waals surface area contributed by atoms with Crippen LogP contribution in [0.15, 0.2) is 16.6 Å². The summed E-state index contributed by atoms with van der Waals surface area (Å²) in [6.45, 7) is 0.654. The summed E-state index contributed by atoms with van der Waals surface area (Å²) in [5, 5.41) is 0. The minimum atomic E-state index is 0.0562. The average Bonchev–Trinajstić information content (AvgIpc) is 2.18. The third kappa shape index (κ3) is 1.48. The Labute approximate surface area is 91.3 Å². The molecular weight excluding hydrogens is 246 g/mol. The predicted octanol–water partition coefficient (Wildman–Crippen LogP) is 2.24. The molecule has 1 aliphatic heterocycles. The monoisotopic (exact) mass is 257 g/mol. The fourth-order valence-electron chi connectivity index (χ4n) is 1.63. The fraction of sp³-hybridized carbons (Fsp3) is 0.400. The van der Waals surface area contributed by atoms with Gasteiger partial charge in [-0.25, -0.2) is 0 Å². The molecule has 0 spiro atoms. The van der Waals surface area contributed by atoms with Crippen LogP contribution in [0.3, 0.4) is 0 Å². The van der Waals surface area contributed by atoms with Crippen LogP contribution < -0.4 is 15.2 Å². The van der Waals surface area contributed by atoms with E-state index in [1.807, 2.05) is 12.1 Å². The molecule has 1 aliphatic rings. The number of nitrogens with two attached hydrogens (primary N) is 1. The van der Waals surface area contributed by atoms with E-state index in [1.54, 1.807) is 7.11 Å². The van der Waals surface area contributed by atoms with E-state index in [2.05, 4.69) is 15.9 Å². The van der Waals surface area contributed by atoms with Crippen LogP contribution in [0.4, 0.5) is 0 Å². The molecule has 1 aromatic rings. The average molecular weight is 258 g/mol. The van der Waals surface area contributed by atoms with Gasteiger partial charge in [0.25, 0.3) is 0 Å². The molecule has 0 amide bonds. The van der Waals surface area contributed by atoms with E-state index in [1.165, 1.54) is 0 Å². The normalized spacial score (nSPS) is 19.8. The smallest absolute Gasteiger partial charge is 0.175 e. The van der Waals surface area contributed by atoms with E-state index in [4.69, 9.17) is 15.2 Å². The molecule has 1 aromatic carbocycles. The first-order chi connectivity index (χ1) is 6.74. The standard InChI is InChI=1S/C10H12BrNO2/c1-13-10-7(11)3-2-6-8(12)4-5-14-9(6)10/h2-3,8H,4-5,12H2,1H3/t8-/m0/s1. The molecule has 76 valence electrons. The Morgan fingerprint density at radius 3 is 3.07 bits per heavy atom. The molecule has 14 heavy (non-hydrogen) atoms. The van der Waals surface area contributed by atoms with Crippen LogP contribution in [0.1, 0.15) is 18.0 Å². The van der Waals surface area contributed by atoms with Gasteiger partial charge in [0, 0.05) is 18.0 Å². The summed E-state index contributed by atoms with van der Waals surface area (Å²) in [7, 11) is 1.63. The Hall–Kier alpha value is -0.740. The summed E-state index contributed by atoms with van der Waals surface area (Å²) >= 11 is 3.41. The molecule has 0 saturated heterocycles. The third-order valence-corrected chi connectivity index (χ3v) is 3.00. The van der Waals surface area contributed by atoms with Crippen LogP contribution in [0.5, 0.6) is 11.5 Å². The van der Waals surface area contributed by atoms with E-state index < -0.39 is 0 Å². The van der Waals surface area contributed by atoms with Gasteiger partial charge in [0.15, 0.2) is 11.5 Å². The highest BCUT2D eigenvalue weighted by Gasteiger charge is 2.22. The zero-order valence-electron chi connectivity index (χ0n) is 7.92. The van der Waals surface area contributed by atoms with Gasteiger partial charge in [-0.2, -0.15) is 0 Å². The number of benzene rings is 1. The lowest BCUT2D eigenvalue weighted by molar-refractivity contribution is 0.252. The molecule has 2 N–H and O–H groups in total. The van der Waals surface area contributed by atoms with Crippen molar-refractivity contribution in [3.05, 3.63) is 22.2 Å². The second-order valence-electron chi connectivity index (χ2n) is 3.24. The quantitative estimate of drug-likeness (QED) is 0.840. The molecule has 4 heteroatoms. The second-order valence-corrected chi connectivity index (χ2v) is 4.10.